The predicted molar refractivity (Wildman–Crippen MR) is 421 cm³/mol. The summed E-state index contributed by atoms with van der Waals surface area (Å²) in [5.41, 5.74) is 15.8. The predicted octanol–water partition coefficient (Wildman–Crippen LogP) is 24.3. The topological polar surface area (TPSA) is 87.2 Å². The highest BCUT2D eigenvalue weighted by molar-refractivity contribution is 7.27. The Balaban J connectivity index is 0.000000131. The van der Waals surface area contributed by atoms with Crippen molar-refractivity contribution in [1.29, 1.82) is 0 Å². The number of para-hydroxylation sites is 2. The molecule has 100 heavy (non-hydrogen) atoms. The van der Waals surface area contributed by atoms with Gasteiger partial charge < -0.3 is 9.13 Å². The van der Waals surface area contributed by atoms with Gasteiger partial charge in [-0.2, -0.15) is 0 Å². The highest BCUT2D eigenvalue weighted by Gasteiger charge is 2.26. The maximum absolute atomic E-state index is 5.28. The van der Waals surface area contributed by atoms with Crippen LogP contribution >= 0.6 is 22.7 Å². The number of rotatable bonds is 6. The van der Waals surface area contributed by atoms with Crippen molar-refractivity contribution in [3.63, 3.8) is 0 Å². The van der Waals surface area contributed by atoms with E-state index < -0.39 is 0 Å². The third kappa shape index (κ3) is 8.64. The molecule has 0 radical (unpaired) electrons. The van der Waals surface area contributed by atoms with Crippen molar-refractivity contribution >= 4 is 172 Å². The lowest BCUT2D eigenvalue weighted by Gasteiger charge is -2.13. The third-order valence-corrected chi connectivity index (χ3v) is 22.4. The molecule has 0 aliphatic carbocycles. The highest BCUT2D eigenvalue weighted by atomic mass is 32.1. The van der Waals surface area contributed by atoms with Gasteiger partial charge in [0.1, 0.15) is 22.4 Å². The quantitative estimate of drug-likeness (QED) is 0.165. The summed E-state index contributed by atoms with van der Waals surface area (Å²) in [5.74, 6) is 1.35. The van der Waals surface area contributed by atoms with Crippen molar-refractivity contribution in [3.8, 4) is 56.7 Å². The van der Waals surface area contributed by atoms with E-state index in [4.69, 9.17) is 29.9 Å². The average Bonchev–Trinajstić information content (AvgIpc) is 1.54. The van der Waals surface area contributed by atoms with Gasteiger partial charge in [-0.15, -0.1) is 22.7 Å². The Kier molecular flexibility index (Phi) is 12.6. The minimum absolute atomic E-state index is 0.674. The standard InChI is InChI=1S/2C45H26N4S/c1-2-16-30-27(12-1)13-10-21-32(30)41-42-36(22-11-25-46-42)47-45(48-41)28-14-9-15-29(26-28)49-37-23-7-5-19-34(37)39-31-17-3-4-18-33(31)44-40(43(39)49)35-20-6-8-24-38(35)50-44;1-2-12-28-25-29(23-22-27(28)11-1)41-42-36(19-10-24-46-42)47-45(48-41)30-13-9-14-31(26-30)49-37-20-7-5-17-34(37)39-32-15-3-4-16-33(32)44-40(43(39)49)35-18-6-8-21-38(35)50-44/h2*1-26H. The molecule has 0 fully saturated rings. The minimum Gasteiger partial charge on any atom is -0.309 e. The molecular weight excluding hydrogens is 1260 g/mol. The summed E-state index contributed by atoms with van der Waals surface area (Å²) in [5, 5.41) is 20.0. The molecule has 8 heterocycles. The summed E-state index contributed by atoms with van der Waals surface area (Å²) < 4.78 is 10.1. The largest absolute Gasteiger partial charge is 0.309 e. The third-order valence-electron chi connectivity index (χ3n) is 20.0. The summed E-state index contributed by atoms with van der Waals surface area (Å²) >= 11 is 3.76. The first kappa shape index (κ1) is 56.3. The van der Waals surface area contributed by atoms with Crippen LogP contribution in [0.5, 0.6) is 0 Å². The molecule has 0 amide bonds. The second-order valence-corrected chi connectivity index (χ2v) is 27.7. The molecular formula is C90H52N8S2. The van der Waals surface area contributed by atoms with Gasteiger partial charge in [-0.25, -0.2) is 19.9 Å². The van der Waals surface area contributed by atoms with Crippen LogP contribution in [0.1, 0.15) is 0 Å². The van der Waals surface area contributed by atoms with Crippen LogP contribution in [-0.2, 0) is 0 Å². The molecule has 0 aliphatic heterocycles. The maximum atomic E-state index is 5.28. The number of nitrogens with zero attached hydrogens (tertiary/aromatic N) is 8. The van der Waals surface area contributed by atoms with Crippen molar-refractivity contribution in [1.82, 2.24) is 39.0 Å². The van der Waals surface area contributed by atoms with E-state index >= 15 is 0 Å². The number of aromatic nitrogens is 8. The van der Waals surface area contributed by atoms with E-state index in [0.29, 0.717) is 11.6 Å². The van der Waals surface area contributed by atoms with Crippen LogP contribution < -0.4 is 0 Å². The van der Waals surface area contributed by atoms with Gasteiger partial charge in [-0.05, 0) is 111 Å². The Morgan fingerprint density at radius 3 is 1.28 bits per heavy atom. The van der Waals surface area contributed by atoms with Crippen LogP contribution in [0.15, 0.2) is 316 Å². The first-order valence-electron chi connectivity index (χ1n) is 33.6. The first-order valence-corrected chi connectivity index (χ1v) is 35.2. The summed E-state index contributed by atoms with van der Waals surface area (Å²) in [4.78, 5) is 30.2. The molecule has 0 saturated heterocycles. The van der Waals surface area contributed by atoms with E-state index in [-0.39, 0.29) is 0 Å². The molecule has 14 aromatic carbocycles. The zero-order chi connectivity index (χ0) is 65.5. The van der Waals surface area contributed by atoms with Crippen molar-refractivity contribution in [2.24, 2.45) is 0 Å². The molecule has 464 valence electrons. The zero-order valence-corrected chi connectivity index (χ0v) is 55.0. The second kappa shape index (κ2) is 22.4. The molecule has 0 spiro atoms. The fraction of sp³-hybridized carbons (Fsp3) is 0. The smallest absolute Gasteiger partial charge is 0.160 e. The van der Waals surface area contributed by atoms with Gasteiger partial charge >= 0.3 is 0 Å². The van der Waals surface area contributed by atoms with Crippen molar-refractivity contribution in [2.75, 3.05) is 0 Å². The van der Waals surface area contributed by atoms with Gasteiger partial charge in [0, 0.05) is 119 Å². The van der Waals surface area contributed by atoms with Gasteiger partial charge in [0.15, 0.2) is 11.6 Å². The Morgan fingerprint density at radius 2 is 0.710 bits per heavy atom. The molecule has 8 aromatic heterocycles. The van der Waals surface area contributed by atoms with Gasteiger partial charge in [0.2, 0.25) is 0 Å². The first-order chi connectivity index (χ1) is 49.6. The van der Waals surface area contributed by atoms with Gasteiger partial charge in [0.25, 0.3) is 0 Å². The molecule has 0 bridgehead atoms. The molecule has 22 aromatic rings. The van der Waals surface area contributed by atoms with E-state index in [2.05, 4.69) is 288 Å². The van der Waals surface area contributed by atoms with E-state index in [1.54, 1.807) is 0 Å². The zero-order valence-electron chi connectivity index (χ0n) is 53.4. The summed E-state index contributed by atoms with van der Waals surface area (Å²) in [6, 6.07) is 108. The van der Waals surface area contributed by atoms with E-state index in [0.717, 1.165) is 72.5 Å². The van der Waals surface area contributed by atoms with Crippen molar-refractivity contribution in [3.05, 3.63) is 316 Å². The average molecular weight is 1310 g/mol. The molecule has 0 N–H and O–H groups in total. The Bertz CT molecular complexity index is 7190. The molecule has 0 aliphatic rings. The molecule has 0 saturated carbocycles. The van der Waals surface area contributed by atoms with Crippen LogP contribution in [0.25, 0.3) is 206 Å². The Morgan fingerprint density at radius 1 is 0.270 bits per heavy atom. The van der Waals surface area contributed by atoms with Crippen LogP contribution in [0.3, 0.4) is 0 Å². The van der Waals surface area contributed by atoms with E-state index in [9.17, 15) is 0 Å². The lowest BCUT2D eigenvalue weighted by molar-refractivity contribution is 1.17. The number of hydrogen-bond acceptors (Lipinski definition) is 8. The van der Waals surface area contributed by atoms with Gasteiger partial charge in [-0.1, -0.05) is 224 Å². The van der Waals surface area contributed by atoms with Crippen LogP contribution in [0.2, 0.25) is 0 Å². The minimum atomic E-state index is 0.674. The van der Waals surface area contributed by atoms with Gasteiger partial charge in [0.05, 0.1) is 33.1 Å². The number of benzene rings is 14. The second-order valence-electron chi connectivity index (χ2n) is 25.6. The monoisotopic (exact) mass is 1310 g/mol. The van der Waals surface area contributed by atoms with Crippen molar-refractivity contribution < 1.29 is 0 Å². The summed E-state index contributed by atoms with van der Waals surface area (Å²) in [6.45, 7) is 0. The van der Waals surface area contributed by atoms with Gasteiger partial charge in [-0.3, -0.25) is 9.97 Å². The van der Waals surface area contributed by atoms with E-state index in [1.165, 1.54) is 122 Å². The number of pyridine rings is 2. The molecule has 0 unspecified atom stereocenters. The lowest BCUT2D eigenvalue weighted by Crippen LogP contribution is -1.99. The lowest BCUT2D eigenvalue weighted by atomic mass is 10.00. The van der Waals surface area contributed by atoms with Crippen LogP contribution in [0.4, 0.5) is 0 Å². The number of hydrogen-bond donors (Lipinski definition) is 0. The SMILES string of the molecule is c1cc(-c2nc(-c3ccc4ccccc4c3)c3ncccc3n2)cc(-n2c3ccccc3c3c4ccccc4c4sc5ccccc5c4c32)c1.c1cc(-c2nc(-c3cccc4ccccc34)c3ncccc3n2)cc(-n2c3ccccc3c3c4ccccc4c4sc5ccccc5c4c32)c1. The molecule has 8 nitrogen and oxygen atoms in total. The molecule has 10 heteroatoms. The van der Waals surface area contributed by atoms with Crippen LogP contribution in [-0.4, -0.2) is 39.0 Å². The maximum Gasteiger partial charge on any atom is 0.160 e. The highest BCUT2D eigenvalue weighted by Crippen LogP contribution is 2.50. The Hall–Kier alpha value is -12.9. The number of fused-ring (bicyclic) bond motifs is 24. The van der Waals surface area contributed by atoms with Crippen LogP contribution in [0, 0.1) is 0 Å². The van der Waals surface area contributed by atoms with Crippen molar-refractivity contribution in [2.45, 2.75) is 0 Å². The number of thiophene rings is 2. The molecule has 0 atom stereocenters. The summed E-state index contributed by atoms with van der Waals surface area (Å²) in [7, 11) is 0. The summed E-state index contributed by atoms with van der Waals surface area (Å²) in [6.07, 6.45) is 3.64. The normalized spacial score (nSPS) is 12.0. The Labute approximate surface area is 579 Å². The molecule has 22 rings (SSSR count). The fourth-order valence-electron chi connectivity index (χ4n) is 15.7. The van der Waals surface area contributed by atoms with E-state index in [1.807, 2.05) is 59.3 Å². The fourth-order valence-corrected chi connectivity index (χ4v) is 18.2.